The molecular weight excluding hydrogens is 276 g/mol. The molecule has 0 aliphatic carbocycles. The van der Waals surface area contributed by atoms with Crippen molar-refractivity contribution < 1.29 is 9.90 Å². The Bertz CT molecular complexity index is 643. The van der Waals surface area contributed by atoms with E-state index in [2.05, 4.69) is 5.32 Å². The lowest BCUT2D eigenvalue weighted by molar-refractivity contribution is -0.129. The van der Waals surface area contributed by atoms with Gasteiger partial charge in [0.1, 0.15) is 5.75 Å². The first-order chi connectivity index (χ1) is 10.7. The molecule has 2 aromatic rings. The van der Waals surface area contributed by atoms with E-state index in [9.17, 15) is 9.90 Å². The highest BCUT2D eigenvalue weighted by atomic mass is 16.3. The molecule has 1 saturated heterocycles. The number of likely N-dealkylation sites (tertiary alicyclic amines) is 1. The molecule has 1 amide bonds. The van der Waals surface area contributed by atoms with Gasteiger partial charge in [-0.15, -0.1) is 0 Å². The lowest BCUT2D eigenvalue weighted by Gasteiger charge is -2.17. The van der Waals surface area contributed by atoms with E-state index in [4.69, 9.17) is 0 Å². The zero-order valence-electron chi connectivity index (χ0n) is 12.4. The van der Waals surface area contributed by atoms with Crippen LogP contribution in [0.4, 0.5) is 0 Å². The monoisotopic (exact) mass is 296 g/mol. The van der Waals surface area contributed by atoms with Gasteiger partial charge >= 0.3 is 0 Å². The fraction of sp³-hybridized carbons (Fsp3) is 0.278. The van der Waals surface area contributed by atoms with Crippen molar-refractivity contribution in [2.75, 3.05) is 6.54 Å². The Hall–Kier alpha value is -2.33. The number of phenolic OH excluding ortho intramolecular Hbond substituents is 1. The molecule has 114 valence electrons. The van der Waals surface area contributed by atoms with Gasteiger partial charge < -0.3 is 15.3 Å². The van der Waals surface area contributed by atoms with Crippen molar-refractivity contribution in [3.05, 3.63) is 65.7 Å². The summed E-state index contributed by atoms with van der Waals surface area (Å²) in [6.07, 6.45) is 0.824. The summed E-state index contributed by atoms with van der Waals surface area (Å²) < 4.78 is 0. The molecule has 1 aliphatic rings. The predicted octanol–water partition coefficient (Wildman–Crippen LogP) is 2.28. The van der Waals surface area contributed by atoms with E-state index in [1.54, 1.807) is 12.1 Å². The van der Waals surface area contributed by atoms with E-state index in [0.29, 0.717) is 13.1 Å². The van der Waals surface area contributed by atoms with Crippen LogP contribution in [0.2, 0.25) is 0 Å². The predicted molar refractivity (Wildman–Crippen MR) is 85.2 cm³/mol. The Morgan fingerprint density at radius 3 is 2.64 bits per heavy atom. The van der Waals surface area contributed by atoms with Crippen LogP contribution in [0.15, 0.2) is 54.6 Å². The van der Waals surface area contributed by atoms with Crippen LogP contribution in [0.25, 0.3) is 0 Å². The van der Waals surface area contributed by atoms with Crippen molar-refractivity contribution in [2.45, 2.75) is 25.6 Å². The second kappa shape index (κ2) is 6.62. The van der Waals surface area contributed by atoms with Gasteiger partial charge in [0.25, 0.3) is 0 Å². The third-order valence-corrected chi connectivity index (χ3v) is 3.98. The van der Waals surface area contributed by atoms with Gasteiger partial charge in [0.05, 0.1) is 6.04 Å². The Morgan fingerprint density at radius 2 is 1.86 bits per heavy atom. The number of carbonyl (C=O) groups is 1. The molecule has 1 fully saturated rings. The number of hydrogen-bond acceptors (Lipinski definition) is 3. The van der Waals surface area contributed by atoms with Crippen LogP contribution < -0.4 is 5.32 Å². The van der Waals surface area contributed by atoms with Gasteiger partial charge in [-0.25, -0.2) is 0 Å². The Balaban J connectivity index is 1.55. The molecule has 0 bridgehead atoms. The van der Waals surface area contributed by atoms with Crippen molar-refractivity contribution >= 4 is 5.91 Å². The van der Waals surface area contributed by atoms with Crippen LogP contribution in [0.3, 0.4) is 0 Å². The first-order valence-electron chi connectivity index (χ1n) is 7.56. The minimum Gasteiger partial charge on any atom is -0.508 e. The number of aromatic hydroxyl groups is 1. The number of phenols is 1. The quantitative estimate of drug-likeness (QED) is 0.890. The number of nitrogens with one attached hydrogen (secondary N) is 1. The first-order valence-corrected chi connectivity index (χ1v) is 7.56. The molecule has 0 unspecified atom stereocenters. The standard InChI is InChI=1S/C18H20N2O2/c21-16-8-4-7-15(11-16)12-19-17-9-10-20(18(17)22)13-14-5-2-1-3-6-14/h1-8,11,17,19,21H,9-10,12-13H2/t17-/m1/s1. The Morgan fingerprint density at radius 1 is 1.09 bits per heavy atom. The minimum atomic E-state index is -0.133. The van der Waals surface area contributed by atoms with Gasteiger partial charge in [0.15, 0.2) is 0 Å². The molecular formula is C18H20N2O2. The van der Waals surface area contributed by atoms with E-state index in [1.807, 2.05) is 47.4 Å². The van der Waals surface area contributed by atoms with Gasteiger partial charge in [0.2, 0.25) is 5.91 Å². The summed E-state index contributed by atoms with van der Waals surface area (Å²) in [5.41, 5.74) is 2.14. The second-order valence-corrected chi connectivity index (χ2v) is 5.64. The maximum Gasteiger partial charge on any atom is 0.240 e. The van der Waals surface area contributed by atoms with Crippen LogP contribution in [-0.4, -0.2) is 28.5 Å². The first kappa shape index (κ1) is 14.6. The average Bonchev–Trinajstić information content (AvgIpc) is 2.87. The summed E-state index contributed by atoms with van der Waals surface area (Å²) >= 11 is 0. The third kappa shape index (κ3) is 3.46. The van der Waals surface area contributed by atoms with E-state index in [0.717, 1.165) is 24.1 Å². The van der Waals surface area contributed by atoms with Crippen LogP contribution in [0, 0.1) is 0 Å². The number of rotatable bonds is 5. The van der Waals surface area contributed by atoms with Crippen LogP contribution >= 0.6 is 0 Å². The molecule has 3 rings (SSSR count). The lowest BCUT2D eigenvalue weighted by Crippen LogP contribution is -2.37. The van der Waals surface area contributed by atoms with Crippen molar-refractivity contribution in [2.24, 2.45) is 0 Å². The summed E-state index contributed by atoms with van der Waals surface area (Å²) in [4.78, 5) is 14.3. The van der Waals surface area contributed by atoms with E-state index in [1.165, 1.54) is 0 Å². The van der Waals surface area contributed by atoms with E-state index < -0.39 is 0 Å². The normalized spacial score (nSPS) is 17.9. The molecule has 1 atom stereocenters. The summed E-state index contributed by atoms with van der Waals surface area (Å²) in [6.45, 7) is 2.04. The molecule has 0 aromatic heterocycles. The molecule has 4 heteroatoms. The highest BCUT2D eigenvalue weighted by Gasteiger charge is 2.30. The molecule has 2 aromatic carbocycles. The molecule has 0 saturated carbocycles. The molecule has 1 heterocycles. The minimum absolute atomic E-state index is 0.133. The average molecular weight is 296 g/mol. The molecule has 0 spiro atoms. The number of nitrogens with zero attached hydrogens (tertiary/aromatic N) is 1. The highest BCUT2D eigenvalue weighted by Crippen LogP contribution is 2.16. The van der Waals surface area contributed by atoms with Crippen molar-refractivity contribution in [3.8, 4) is 5.75 Å². The van der Waals surface area contributed by atoms with Gasteiger partial charge in [-0.3, -0.25) is 4.79 Å². The van der Waals surface area contributed by atoms with Crippen LogP contribution in [0.1, 0.15) is 17.5 Å². The van der Waals surface area contributed by atoms with Gasteiger partial charge in [0, 0.05) is 19.6 Å². The van der Waals surface area contributed by atoms with E-state index >= 15 is 0 Å². The lowest BCUT2D eigenvalue weighted by atomic mass is 10.2. The summed E-state index contributed by atoms with van der Waals surface area (Å²) in [6, 6.07) is 17.0. The number of benzene rings is 2. The molecule has 1 aliphatic heterocycles. The van der Waals surface area contributed by atoms with Gasteiger partial charge in [-0.1, -0.05) is 42.5 Å². The third-order valence-electron chi connectivity index (χ3n) is 3.98. The largest absolute Gasteiger partial charge is 0.508 e. The molecule has 2 N–H and O–H groups in total. The maximum absolute atomic E-state index is 12.4. The SMILES string of the molecule is O=C1[C@H](NCc2cccc(O)c2)CCN1Cc1ccccc1. The molecule has 4 nitrogen and oxygen atoms in total. The summed E-state index contributed by atoms with van der Waals surface area (Å²) in [5, 5.41) is 12.7. The number of hydrogen-bond donors (Lipinski definition) is 2. The van der Waals surface area contributed by atoms with Gasteiger partial charge in [-0.2, -0.15) is 0 Å². The highest BCUT2D eigenvalue weighted by molar-refractivity contribution is 5.83. The smallest absolute Gasteiger partial charge is 0.240 e. The van der Waals surface area contributed by atoms with E-state index in [-0.39, 0.29) is 17.7 Å². The summed E-state index contributed by atoms with van der Waals surface area (Å²) in [5.74, 6) is 0.409. The van der Waals surface area contributed by atoms with Crippen LogP contribution in [-0.2, 0) is 17.9 Å². The number of carbonyl (C=O) groups excluding carboxylic acids is 1. The van der Waals surface area contributed by atoms with Crippen molar-refractivity contribution in [3.63, 3.8) is 0 Å². The fourth-order valence-electron chi connectivity index (χ4n) is 2.80. The molecule has 22 heavy (non-hydrogen) atoms. The van der Waals surface area contributed by atoms with Crippen molar-refractivity contribution in [1.29, 1.82) is 0 Å². The zero-order chi connectivity index (χ0) is 15.4. The zero-order valence-corrected chi connectivity index (χ0v) is 12.4. The van der Waals surface area contributed by atoms with Gasteiger partial charge in [-0.05, 0) is 29.7 Å². The van der Waals surface area contributed by atoms with Crippen molar-refractivity contribution in [1.82, 2.24) is 10.2 Å². The Labute approximate surface area is 130 Å². The number of amides is 1. The maximum atomic E-state index is 12.4. The summed E-state index contributed by atoms with van der Waals surface area (Å²) in [7, 11) is 0. The Kier molecular flexibility index (Phi) is 4.39. The van der Waals surface area contributed by atoms with Crippen LogP contribution in [0.5, 0.6) is 5.75 Å². The fourth-order valence-corrected chi connectivity index (χ4v) is 2.80. The molecule has 0 radical (unpaired) electrons. The topological polar surface area (TPSA) is 52.6 Å². The second-order valence-electron chi connectivity index (χ2n) is 5.64.